The number of likely N-dealkylation sites (N-methyl/N-ethyl adjacent to an activating group) is 1. The Kier molecular flexibility index (Phi) is 5.93. The van der Waals surface area contributed by atoms with Crippen molar-refractivity contribution in [1.29, 1.82) is 0 Å². The number of aryl methyl sites for hydroxylation is 1. The van der Waals surface area contributed by atoms with Gasteiger partial charge in [0.05, 0.1) is 0 Å². The molecule has 148 valence electrons. The zero-order valence-electron chi connectivity index (χ0n) is 16.6. The number of thioether (sulfide) groups is 1. The molecular weight excluding hydrogens is 368 g/mol. The van der Waals surface area contributed by atoms with Crippen LogP contribution in [0.2, 0.25) is 0 Å². The largest absolute Gasteiger partial charge is 0.487 e. The highest BCUT2D eigenvalue weighted by atomic mass is 32.2. The van der Waals surface area contributed by atoms with E-state index in [4.69, 9.17) is 4.74 Å². The van der Waals surface area contributed by atoms with E-state index in [1.807, 2.05) is 61.0 Å². The molecular formula is C23H28N2O2S. The number of piperidine rings is 1. The molecule has 2 aromatic carbocycles. The monoisotopic (exact) mass is 396 g/mol. The summed E-state index contributed by atoms with van der Waals surface area (Å²) < 4.78 is 6.33. The first kappa shape index (κ1) is 19.3. The number of carbonyl (C=O) groups is 1. The Morgan fingerprint density at radius 3 is 2.71 bits per heavy atom. The summed E-state index contributed by atoms with van der Waals surface area (Å²) in [6.07, 6.45) is 2.18. The lowest BCUT2D eigenvalue weighted by molar-refractivity contribution is 0.0609. The van der Waals surface area contributed by atoms with E-state index in [1.54, 1.807) is 0 Å². The van der Waals surface area contributed by atoms with Gasteiger partial charge in [-0.1, -0.05) is 29.8 Å². The number of likely N-dealkylation sites (tertiary alicyclic amines) is 1. The standard InChI is InChI=1S/C23H28N2O2S/c1-16-6-5-7-18(14-16)23(26)25-12-10-17(11-13-25)22(24-2)20-15-28-21-9-4-3-8-19(21)27-20/h3-9,14,17,20,22,24H,10-13,15H2,1-2H3. The number of amides is 1. The van der Waals surface area contributed by atoms with Crippen molar-refractivity contribution in [2.45, 2.75) is 36.8 Å². The summed E-state index contributed by atoms with van der Waals surface area (Å²) in [5, 5.41) is 3.51. The number of benzene rings is 2. The number of ether oxygens (including phenoxy) is 1. The molecule has 2 atom stereocenters. The lowest BCUT2D eigenvalue weighted by atomic mass is 9.86. The van der Waals surface area contributed by atoms with Crippen LogP contribution in [0.25, 0.3) is 0 Å². The average Bonchev–Trinajstić information content (AvgIpc) is 2.74. The van der Waals surface area contributed by atoms with Crippen LogP contribution in [-0.2, 0) is 0 Å². The van der Waals surface area contributed by atoms with Crippen LogP contribution in [0.1, 0.15) is 28.8 Å². The van der Waals surface area contributed by atoms with Crippen molar-refractivity contribution in [3.8, 4) is 5.75 Å². The molecule has 5 heteroatoms. The van der Waals surface area contributed by atoms with Crippen LogP contribution >= 0.6 is 11.8 Å². The molecule has 0 radical (unpaired) electrons. The summed E-state index contributed by atoms with van der Waals surface area (Å²) in [5.74, 6) is 2.63. The van der Waals surface area contributed by atoms with E-state index in [0.717, 1.165) is 48.6 Å². The van der Waals surface area contributed by atoms with Gasteiger partial charge in [0.15, 0.2) is 0 Å². The van der Waals surface area contributed by atoms with E-state index in [-0.39, 0.29) is 12.0 Å². The lowest BCUT2D eigenvalue weighted by Crippen LogP contribution is -2.52. The molecule has 2 aliphatic rings. The van der Waals surface area contributed by atoms with Crippen LogP contribution in [0.3, 0.4) is 0 Å². The zero-order chi connectivity index (χ0) is 19.5. The van der Waals surface area contributed by atoms with Crippen LogP contribution in [0, 0.1) is 12.8 Å². The Hall–Kier alpha value is -1.98. The minimum Gasteiger partial charge on any atom is -0.487 e. The number of fused-ring (bicyclic) bond motifs is 1. The maximum atomic E-state index is 12.8. The first-order valence-corrected chi connectivity index (χ1v) is 11.1. The van der Waals surface area contributed by atoms with Crippen molar-refractivity contribution < 1.29 is 9.53 Å². The predicted molar refractivity (Wildman–Crippen MR) is 114 cm³/mol. The molecule has 4 nitrogen and oxygen atoms in total. The van der Waals surface area contributed by atoms with E-state index < -0.39 is 0 Å². The molecule has 2 heterocycles. The summed E-state index contributed by atoms with van der Waals surface area (Å²) in [5.41, 5.74) is 1.93. The Morgan fingerprint density at radius 1 is 1.18 bits per heavy atom. The van der Waals surface area contributed by atoms with Gasteiger partial charge in [-0.25, -0.2) is 0 Å². The Morgan fingerprint density at radius 2 is 1.96 bits per heavy atom. The first-order chi connectivity index (χ1) is 13.7. The lowest BCUT2D eigenvalue weighted by Gasteiger charge is -2.40. The third kappa shape index (κ3) is 4.06. The highest BCUT2D eigenvalue weighted by Crippen LogP contribution is 2.37. The van der Waals surface area contributed by atoms with Gasteiger partial charge in [-0.05, 0) is 57.0 Å². The second kappa shape index (κ2) is 8.58. The Bertz CT molecular complexity index is 833. The molecule has 1 N–H and O–H groups in total. The maximum Gasteiger partial charge on any atom is 0.253 e. The average molecular weight is 397 g/mol. The molecule has 1 amide bonds. The number of rotatable bonds is 4. The van der Waals surface area contributed by atoms with Crippen molar-refractivity contribution in [3.05, 3.63) is 59.7 Å². The van der Waals surface area contributed by atoms with Crippen LogP contribution < -0.4 is 10.1 Å². The predicted octanol–water partition coefficient (Wildman–Crippen LogP) is 3.99. The van der Waals surface area contributed by atoms with Gasteiger partial charge in [0.2, 0.25) is 0 Å². The van der Waals surface area contributed by atoms with Gasteiger partial charge in [0, 0.05) is 35.3 Å². The summed E-state index contributed by atoms with van der Waals surface area (Å²) in [7, 11) is 2.03. The zero-order valence-corrected chi connectivity index (χ0v) is 17.4. The fourth-order valence-corrected chi connectivity index (χ4v) is 5.41. The van der Waals surface area contributed by atoms with Crippen LogP contribution in [0.5, 0.6) is 5.75 Å². The van der Waals surface area contributed by atoms with Gasteiger partial charge >= 0.3 is 0 Å². The second-order valence-corrected chi connectivity index (χ2v) is 8.79. The SMILES string of the molecule is CNC(C1CCN(C(=O)c2cccc(C)c2)CC1)C1CSc2ccccc2O1. The molecule has 1 fully saturated rings. The number of hydrogen-bond donors (Lipinski definition) is 1. The van der Waals surface area contributed by atoms with E-state index in [0.29, 0.717) is 12.0 Å². The van der Waals surface area contributed by atoms with E-state index in [1.165, 1.54) is 4.90 Å². The topological polar surface area (TPSA) is 41.6 Å². The van der Waals surface area contributed by atoms with E-state index in [2.05, 4.69) is 23.5 Å². The minimum atomic E-state index is 0.154. The van der Waals surface area contributed by atoms with Gasteiger partial charge in [0.25, 0.3) is 5.91 Å². The highest BCUT2D eigenvalue weighted by molar-refractivity contribution is 7.99. The first-order valence-electron chi connectivity index (χ1n) is 10.1. The fourth-order valence-electron chi connectivity index (χ4n) is 4.36. The third-order valence-electron chi connectivity index (χ3n) is 5.86. The van der Waals surface area contributed by atoms with Crippen molar-refractivity contribution in [3.63, 3.8) is 0 Å². The smallest absolute Gasteiger partial charge is 0.253 e. The number of nitrogens with one attached hydrogen (secondary N) is 1. The molecule has 28 heavy (non-hydrogen) atoms. The molecule has 0 spiro atoms. The number of nitrogens with zero attached hydrogens (tertiary/aromatic N) is 1. The molecule has 2 unspecified atom stereocenters. The molecule has 0 bridgehead atoms. The molecule has 2 aromatic rings. The summed E-state index contributed by atoms with van der Waals surface area (Å²) in [6.45, 7) is 3.65. The summed E-state index contributed by atoms with van der Waals surface area (Å²) in [6, 6.07) is 16.5. The molecule has 2 aliphatic heterocycles. The fraction of sp³-hybridized carbons (Fsp3) is 0.435. The summed E-state index contributed by atoms with van der Waals surface area (Å²) >= 11 is 1.88. The van der Waals surface area contributed by atoms with Crippen LogP contribution in [0.15, 0.2) is 53.4 Å². The quantitative estimate of drug-likeness (QED) is 0.849. The van der Waals surface area contributed by atoms with Crippen LogP contribution in [-0.4, -0.2) is 48.8 Å². The number of carbonyl (C=O) groups excluding carboxylic acids is 1. The van der Waals surface area contributed by atoms with Gasteiger partial charge in [-0.3, -0.25) is 4.79 Å². The highest BCUT2D eigenvalue weighted by Gasteiger charge is 2.35. The van der Waals surface area contributed by atoms with Gasteiger partial charge in [-0.2, -0.15) is 0 Å². The molecule has 0 aromatic heterocycles. The van der Waals surface area contributed by atoms with Crippen molar-refractivity contribution in [1.82, 2.24) is 10.2 Å². The molecule has 0 saturated carbocycles. The van der Waals surface area contributed by atoms with Crippen LogP contribution in [0.4, 0.5) is 0 Å². The van der Waals surface area contributed by atoms with Gasteiger partial charge in [0.1, 0.15) is 11.9 Å². The number of para-hydroxylation sites is 1. The normalized spacial score (nSPS) is 20.9. The molecule has 4 rings (SSSR count). The van der Waals surface area contributed by atoms with E-state index in [9.17, 15) is 4.79 Å². The van der Waals surface area contributed by atoms with Crippen molar-refractivity contribution in [2.75, 3.05) is 25.9 Å². The molecule has 0 aliphatic carbocycles. The second-order valence-electron chi connectivity index (χ2n) is 7.73. The number of hydrogen-bond acceptors (Lipinski definition) is 4. The van der Waals surface area contributed by atoms with E-state index >= 15 is 0 Å². The third-order valence-corrected chi connectivity index (χ3v) is 7.01. The van der Waals surface area contributed by atoms with Gasteiger partial charge < -0.3 is 15.0 Å². The van der Waals surface area contributed by atoms with Gasteiger partial charge in [-0.15, -0.1) is 11.8 Å². The maximum absolute atomic E-state index is 12.8. The summed E-state index contributed by atoms with van der Waals surface area (Å²) in [4.78, 5) is 16.1. The van der Waals surface area contributed by atoms with Crippen molar-refractivity contribution >= 4 is 17.7 Å². The van der Waals surface area contributed by atoms with Crippen molar-refractivity contribution in [2.24, 2.45) is 5.92 Å². The Balaban J connectivity index is 1.38. The minimum absolute atomic E-state index is 0.154. The molecule has 1 saturated heterocycles. The Labute approximate surface area is 171 Å².